The van der Waals surface area contributed by atoms with Gasteiger partial charge < -0.3 is 5.73 Å². The average molecular weight is 244 g/mol. The van der Waals surface area contributed by atoms with Gasteiger partial charge in [-0.05, 0) is 37.8 Å². The largest absolute Gasteiger partial charge is 0.398 e. The summed E-state index contributed by atoms with van der Waals surface area (Å²) in [5, 5.41) is 1.09. The molecule has 3 heteroatoms. The van der Waals surface area contributed by atoms with Crippen LogP contribution >= 0.6 is 11.3 Å². The molecular formula is C14H16N2S. The second kappa shape index (κ2) is 4.49. The molecule has 0 saturated heterocycles. The van der Waals surface area contributed by atoms with Gasteiger partial charge in [0.25, 0.3) is 0 Å². The van der Waals surface area contributed by atoms with Gasteiger partial charge >= 0.3 is 0 Å². The monoisotopic (exact) mass is 244 g/mol. The first-order valence-electron chi connectivity index (χ1n) is 6.18. The zero-order valence-electron chi connectivity index (χ0n) is 9.78. The highest BCUT2D eigenvalue weighted by molar-refractivity contribution is 7.15. The third-order valence-electron chi connectivity index (χ3n) is 3.29. The molecule has 1 heterocycles. The third kappa shape index (κ3) is 2.07. The number of para-hydroxylation sites is 1. The first-order valence-corrected chi connectivity index (χ1v) is 7.00. The van der Waals surface area contributed by atoms with E-state index in [0.29, 0.717) is 0 Å². The lowest BCUT2D eigenvalue weighted by molar-refractivity contribution is 0.709. The van der Waals surface area contributed by atoms with Crippen molar-refractivity contribution in [1.82, 2.24) is 4.98 Å². The van der Waals surface area contributed by atoms with Gasteiger partial charge in [0, 0.05) is 16.1 Å². The molecule has 0 spiro atoms. The molecule has 0 aliphatic heterocycles. The Bertz CT molecular complexity index is 507. The maximum atomic E-state index is 6.01. The van der Waals surface area contributed by atoms with Crippen LogP contribution in [0.3, 0.4) is 0 Å². The van der Waals surface area contributed by atoms with E-state index in [-0.39, 0.29) is 0 Å². The zero-order valence-corrected chi connectivity index (χ0v) is 10.6. The molecule has 2 nitrogen and oxygen atoms in total. The summed E-state index contributed by atoms with van der Waals surface area (Å²) in [6, 6.07) is 8.01. The number of nitrogens with two attached hydrogens (primary N) is 1. The standard InChI is InChI=1S/C14H16N2S/c15-11-7-5-4-6-10(11)14-16-12-8-2-1-3-9-13(12)17-14/h4-7H,1-3,8-9,15H2. The van der Waals surface area contributed by atoms with E-state index in [2.05, 4.69) is 6.07 Å². The Hall–Kier alpha value is -1.35. The Morgan fingerprint density at radius 1 is 1.06 bits per heavy atom. The second-order valence-electron chi connectivity index (χ2n) is 4.54. The van der Waals surface area contributed by atoms with Gasteiger partial charge in [0.2, 0.25) is 0 Å². The van der Waals surface area contributed by atoms with Crippen LogP contribution in [-0.4, -0.2) is 4.98 Å². The number of hydrogen-bond acceptors (Lipinski definition) is 3. The molecule has 1 aliphatic carbocycles. The normalized spacial score (nSPS) is 15.3. The van der Waals surface area contributed by atoms with Gasteiger partial charge in [-0.1, -0.05) is 18.6 Å². The molecule has 88 valence electrons. The smallest absolute Gasteiger partial charge is 0.125 e. The summed E-state index contributed by atoms with van der Waals surface area (Å²) in [4.78, 5) is 6.25. The zero-order chi connectivity index (χ0) is 11.7. The fourth-order valence-corrected chi connectivity index (χ4v) is 3.53. The third-order valence-corrected chi connectivity index (χ3v) is 4.48. The van der Waals surface area contributed by atoms with Crippen molar-refractivity contribution in [1.29, 1.82) is 0 Å². The number of hydrogen-bond donors (Lipinski definition) is 1. The summed E-state index contributed by atoms with van der Waals surface area (Å²) in [7, 11) is 0. The molecule has 0 atom stereocenters. The van der Waals surface area contributed by atoms with Crippen LogP contribution in [0.15, 0.2) is 24.3 Å². The quantitative estimate of drug-likeness (QED) is 0.614. The number of fused-ring (bicyclic) bond motifs is 1. The van der Waals surface area contributed by atoms with E-state index in [1.54, 1.807) is 0 Å². The van der Waals surface area contributed by atoms with Crippen molar-refractivity contribution in [2.75, 3.05) is 5.73 Å². The first kappa shape index (κ1) is 10.8. The molecule has 0 saturated carbocycles. The topological polar surface area (TPSA) is 38.9 Å². The van der Waals surface area contributed by atoms with Gasteiger partial charge in [-0.15, -0.1) is 11.3 Å². The predicted molar refractivity (Wildman–Crippen MR) is 73.2 cm³/mol. The number of anilines is 1. The lowest BCUT2D eigenvalue weighted by Gasteiger charge is -2.00. The molecule has 0 bridgehead atoms. The first-order chi connectivity index (χ1) is 8.34. The van der Waals surface area contributed by atoms with Crippen LogP contribution in [0.2, 0.25) is 0 Å². The number of nitrogens with zero attached hydrogens (tertiary/aromatic N) is 1. The van der Waals surface area contributed by atoms with Gasteiger partial charge in [0.05, 0.1) is 5.69 Å². The number of aryl methyl sites for hydroxylation is 2. The van der Waals surface area contributed by atoms with Crippen molar-refractivity contribution in [2.45, 2.75) is 32.1 Å². The van der Waals surface area contributed by atoms with Gasteiger partial charge in [0.15, 0.2) is 0 Å². The minimum Gasteiger partial charge on any atom is -0.398 e. The predicted octanol–water partition coefficient (Wildman–Crippen LogP) is 3.66. The fourth-order valence-electron chi connectivity index (χ4n) is 2.34. The van der Waals surface area contributed by atoms with Gasteiger partial charge in [-0.3, -0.25) is 0 Å². The number of thiazole rings is 1. The maximum absolute atomic E-state index is 6.01. The summed E-state index contributed by atoms with van der Waals surface area (Å²) in [5.41, 5.74) is 9.24. The van der Waals surface area contributed by atoms with Crippen molar-refractivity contribution in [3.8, 4) is 10.6 Å². The van der Waals surface area contributed by atoms with E-state index >= 15 is 0 Å². The van der Waals surface area contributed by atoms with Crippen LogP contribution in [0.5, 0.6) is 0 Å². The van der Waals surface area contributed by atoms with Crippen molar-refractivity contribution < 1.29 is 0 Å². The van der Waals surface area contributed by atoms with E-state index in [0.717, 1.165) is 22.7 Å². The van der Waals surface area contributed by atoms with E-state index < -0.39 is 0 Å². The van der Waals surface area contributed by atoms with E-state index in [1.165, 1.54) is 36.3 Å². The average Bonchev–Trinajstić information content (AvgIpc) is 2.61. The van der Waals surface area contributed by atoms with Crippen LogP contribution in [-0.2, 0) is 12.8 Å². The molecule has 0 fully saturated rings. The Morgan fingerprint density at radius 3 is 2.76 bits per heavy atom. The minimum atomic E-state index is 0.830. The van der Waals surface area contributed by atoms with Crippen LogP contribution < -0.4 is 5.73 Å². The number of aromatic nitrogens is 1. The molecule has 1 aromatic carbocycles. The molecule has 0 amide bonds. The molecule has 1 aromatic heterocycles. The van der Waals surface area contributed by atoms with Crippen LogP contribution in [0.4, 0.5) is 5.69 Å². The fraction of sp³-hybridized carbons (Fsp3) is 0.357. The molecule has 3 rings (SSSR count). The molecular weight excluding hydrogens is 228 g/mol. The highest BCUT2D eigenvalue weighted by atomic mass is 32.1. The minimum absolute atomic E-state index is 0.830. The highest BCUT2D eigenvalue weighted by Gasteiger charge is 2.15. The van der Waals surface area contributed by atoms with Gasteiger partial charge in [-0.2, -0.15) is 0 Å². The van der Waals surface area contributed by atoms with Crippen LogP contribution in [0, 0.1) is 0 Å². The van der Waals surface area contributed by atoms with E-state index in [9.17, 15) is 0 Å². The number of rotatable bonds is 1. The summed E-state index contributed by atoms with van der Waals surface area (Å²) in [6.45, 7) is 0. The van der Waals surface area contributed by atoms with Crippen molar-refractivity contribution in [3.63, 3.8) is 0 Å². The Balaban J connectivity index is 2.02. The molecule has 2 aromatic rings. The lowest BCUT2D eigenvalue weighted by Crippen LogP contribution is -1.90. The molecule has 2 N–H and O–H groups in total. The SMILES string of the molecule is Nc1ccccc1-c1nc2c(s1)CCCCC2. The molecule has 0 unspecified atom stereocenters. The molecule has 0 radical (unpaired) electrons. The summed E-state index contributed by atoms with van der Waals surface area (Å²) in [5.74, 6) is 0. The molecule has 1 aliphatic rings. The maximum Gasteiger partial charge on any atom is 0.125 e. The van der Waals surface area contributed by atoms with Crippen molar-refractivity contribution in [3.05, 3.63) is 34.8 Å². The highest BCUT2D eigenvalue weighted by Crippen LogP contribution is 2.34. The lowest BCUT2D eigenvalue weighted by atomic mass is 10.2. The van der Waals surface area contributed by atoms with Crippen molar-refractivity contribution >= 4 is 17.0 Å². The summed E-state index contributed by atoms with van der Waals surface area (Å²) < 4.78 is 0. The van der Waals surface area contributed by atoms with Gasteiger partial charge in [0.1, 0.15) is 5.01 Å². The molecule has 17 heavy (non-hydrogen) atoms. The Morgan fingerprint density at radius 2 is 1.88 bits per heavy atom. The van der Waals surface area contributed by atoms with Crippen molar-refractivity contribution in [2.24, 2.45) is 0 Å². The number of nitrogen functional groups attached to an aromatic ring is 1. The van der Waals surface area contributed by atoms with Crippen LogP contribution in [0.1, 0.15) is 29.8 Å². The van der Waals surface area contributed by atoms with Gasteiger partial charge in [-0.25, -0.2) is 4.98 Å². The van der Waals surface area contributed by atoms with E-state index in [1.807, 2.05) is 29.5 Å². The number of benzene rings is 1. The van der Waals surface area contributed by atoms with Crippen LogP contribution in [0.25, 0.3) is 10.6 Å². The Kier molecular flexibility index (Phi) is 2.85. The van der Waals surface area contributed by atoms with E-state index in [4.69, 9.17) is 10.7 Å². The summed E-state index contributed by atoms with van der Waals surface area (Å²) in [6.07, 6.45) is 6.25. The Labute approximate surface area is 106 Å². The second-order valence-corrected chi connectivity index (χ2v) is 5.62. The summed E-state index contributed by atoms with van der Waals surface area (Å²) >= 11 is 1.82.